The molecule has 3 aromatic carbocycles. The Morgan fingerprint density at radius 1 is 0.933 bits per heavy atom. The Morgan fingerprint density at radius 2 is 1.57 bits per heavy atom. The number of hydrogen-bond donors (Lipinski definition) is 1. The molecule has 1 N–H and O–H groups in total. The molecule has 0 aliphatic rings. The van der Waals surface area contributed by atoms with E-state index in [1.165, 1.54) is 28.6 Å². The van der Waals surface area contributed by atoms with E-state index in [2.05, 4.69) is 5.32 Å². The van der Waals surface area contributed by atoms with Gasteiger partial charge in [-0.2, -0.15) is 0 Å². The minimum Gasteiger partial charge on any atom is -0.496 e. The standard InChI is InChI=1S/C23H24N2O4S/c1-3-25(20-10-5-4-6-11-20)30(27,28)21-15-13-18(14-16-21)23(26)24-17-19-9-7-8-12-22(19)29-2/h4-16H,3,17H2,1-2H3,(H,24,26). The first-order valence-electron chi connectivity index (χ1n) is 9.55. The van der Waals surface area contributed by atoms with Crippen LogP contribution in [0.5, 0.6) is 5.75 Å². The number of amides is 1. The molecule has 0 unspecified atom stereocenters. The van der Waals surface area contributed by atoms with Crippen molar-refractivity contribution in [3.63, 3.8) is 0 Å². The molecule has 0 spiro atoms. The van der Waals surface area contributed by atoms with E-state index < -0.39 is 10.0 Å². The molecular weight excluding hydrogens is 400 g/mol. The number of hydrogen-bond acceptors (Lipinski definition) is 4. The summed E-state index contributed by atoms with van der Waals surface area (Å²) in [4.78, 5) is 12.6. The maximum Gasteiger partial charge on any atom is 0.264 e. The van der Waals surface area contributed by atoms with Crippen LogP contribution in [0.3, 0.4) is 0 Å². The molecule has 0 fully saturated rings. The van der Waals surface area contributed by atoms with Gasteiger partial charge in [-0.1, -0.05) is 36.4 Å². The molecule has 3 aromatic rings. The normalized spacial score (nSPS) is 11.0. The van der Waals surface area contributed by atoms with E-state index in [4.69, 9.17) is 4.74 Å². The summed E-state index contributed by atoms with van der Waals surface area (Å²) in [5, 5.41) is 2.83. The Kier molecular flexibility index (Phi) is 6.74. The first-order valence-corrected chi connectivity index (χ1v) is 11.0. The van der Waals surface area contributed by atoms with Crippen molar-refractivity contribution in [1.29, 1.82) is 0 Å². The molecule has 0 saturated heterocycles. The van der Waals surface area contributed by atoms with E-state index in [1.54, 1.807) is 38.3 Å². The van der Waals surface area contributed by atoms with Crippen molar-refractivity contribution in [2.75, 3.05) is 18.0 Å². The van der Waals surface area contributed by atoms with E-state index >= 15 is 0 Å². The molecule has 0 radical (unpaired) electrons. The highest BCUT2D eigenvalue weighted by molar-refractivity contribution is 7.92. The number of ether oxygens (including phenoxy) is 1. The van der Waals surface area contributed by atoms with Crippen LogP contribution in [0.25, 0.3) is 0 Å². The molecule has 0 heterocycles. The van der Waals surface area contributed by atoms with Gasteiger partial charge < -0.3 is 10.1 Å². The second-order valence-corrected chi connectivity index (χ2v) is 8.39. The lowest BCUT2D eigenvalue weighted by Gasteiger charge is -2.23. The highest BCUT2D eigenvalue weighted by atomic mass is 32.2. The Hall–Kier alpha value is -3.32. The van der Waals surface area contributed by atoms with Gasteiger partial charge in [-0.05, 0) is 49.4 Å². The van der Waals surface area contributed by atoms with Gasteiger partial charge in [-0.15, -0.1) is 0 Å². The summed E-state index contributed by atoms with van der Waals surface area (Å²) in [5.41, 5.74) is 1.83. The number of carbonyl (C=O) groups is 1. The number of nitrogens with zero attached hydrogens (tertiary/aromatic N) is 1. The van der Waals surface area contributed by atoms with Crippen molar-refractivity contribution < 1.29 is 17.9 Å². The Balaban J connectivity index is 1.74. The van der Waals surface area contributed by atoms with Gasteiger partial charge in [0.1, 0.15) is 5.75 Å². The topological polar surface area (TPSA) is 75.7 Å². The number of benzene rings is 3. The van der Waals surface area contributed by atoms with Crippen LogP contribution in [0.4, 0.5) is 5.69 Å². The zero-order chi connectivity index (χ0) is 21.6. The lowest BCUT2D eigenvalue weighted by molar-refractivity contribution is 0.0950. The van der Waals surface area contributed by atoms with Crippen LogP contribution in [0.1, 0.15) is 22.8 Å². The number of carbonyl (C=O) groups excluding carboxylic acids is 1. The van der Waals surface area contributed by atoms with Crippen molar-refractivity contribution in [3.8, 4) is 5.75 Å². The van der Waals surface area contributed by atoms with E-state index in [0.717, 1.165) is 5.56 Å². The van der Waals surface area contributed by atoms with Crippen LogP contribution in [0, 0.1) is 0 Å². The van der Waals surface area contributed by atoms with Crippen LogP contribution in [-0.4, -0.2) is 28.0 Å². The van der Waals surface area contributed by atoms with Crippen molar-refractivity contribution in [2.45, 2.75) is 18.4 Å². The van der Waals surface area contributed by atoms with Crippen LogP contribution in [0.2, 0.25) is 0 Å². The molecule has 7 heteroatoms. The molecule has 0 bridgehead atoms. The van der Waals surface area contributed by atoms with Crippen LogP contribution >= 0.6 is 0 Å². The Morgan fingerprint density at radius 3 is 2.20 bits per heavy atom. The molecular formula is C23H24N2O4S. The molecule has 30 heavy (non-hydrogen) atoms. The van der Waals surface area contributed by atoms with Gasteiger partial charge in [-0.3, -0.25) is 9.10 Å². The van der Waals surface area contributed by atoms with E-state index in [0.29, 0.717) is 30.1 Å². The molecule has 0 aliphatic carbocycles. The highest BCUT2D eigenvalue weighted by Crippen LogP contribution is 2.23. The second-order valence-electron chi connectivity index (χ2n) is 6.52. The number of rotatable bonds is 8. The van der Waals surface area contributed by atoms with Gasteiger partial charge >= 0.3 is 0 Å². The number of methoxy groups -OCH3 is 1. The monoisotopic (exact) mass is 424 g/mol. The smallest absolute Gasteiger partial charge is 0.264 e. The van der Waals surface area contributed by atoms with Gasteiger partial charge in [0.25, 0.3) is 15.9 Å². The van der Waals surface area contributed by atoms with Crippen LogP contribution in [-0.2, 0) is 16.6 Å². The summed E-state index contributed by atoms with van der Waals surface area (Å²) in [6.07, 6.45) is 0. The van der Waals surface area contributed by atoms with Crippen molar-refractivity contribution >= 4 is 21.6 Å². The van der Waals surface area contributed by atoms with Crippen molar-refractivity contribution in [2.24, 2.45) is 0 Å². The van der Waals surface area contributed by atoms with Gasteiger partial charge in [0.15, 0.2) is 0 Å². The molecule has 156 valence electrons. The van der Waals surface area contributed by atoms with Crippen molar-refractivity contribution in [3.05, 3.63) is 90.0 Å². The molecule has 0 saturated carbocycles. The summed E-state index contributed by atoms with van der Waals surface area (Å²) in [6, 6.07) is 22.3. The fourth-order valence-corrected chi connectivity index (χ4v) is 4.59. The zero-order valence-electron chi connectivity index (χ0n) is 16.9. The maximum atomic E-state index is 13.0. The zero-order valence-corrected chi connectivity index (χ0v) is 17.7. The fourth-order valence-electron chi connectivity index (χ4n) is 3.12. The summed E-state index contributed by atoms with van der Waals surface area (Å²) in [5.74, 6) is 0.403. The lowest BCUT2D eigenvalue weighted by Crippen LogP contribution is -2.30. The predicted octanol–water partition coefficient (Wildman–Crippen LogP) is 3.84. The number of sulfonamides is 1. The molecule has 0 atom stereocenters. The van der Waals surface area contributed by atoms with E-state index in [9.17, 15) is 13.2 Å². The van der Waals surface area contributed by atoms with E-state index in [1.807, 2.05) is 30.3 Å². The van der Waals surface area contributed by atoms with Gasteiger partial charge in [0.05, 0.1) is 17.7 Å². The minimum atomic E-state index is -3.73. The molecule has 3 rings (SSSR count). The third-order valence-corrected chi connectivity index (χ3v) is 6.58. The average molecular weight is 425 g/mol. The van der Waals surface area contributed by atoms with Gasteiger partial charge in [0, 0.05) is 24.2 Å². The fraction of sp³-hybridized carbons (Fsp3) is 0.174. The molecule has 6 nitrogen and oxygen atoms in total. The summed E-state index contributed by atoms with van der Waals surface area (Å²) in [6.45, 7) is 2.39. The second kappa shape index (κ2) is 9.45. The Labute approximate surface area is 177 Å². The van der Waals surface area contributed by atoms with Gasteiger partial charge in [0.2, 0.25) is 0 Å². The van der Waals surface area contributed by atoms with Crippen LogP contribution < -0.4 is 14.4 Å². The molecule has 1 amide bonds. The first kappa shape index (κ1) is 21.4. The SMILES string of the molecule is CCN(c1ccccc1)S(=O)(=O)c1ccc(C(=O)NCc2ccccc2OC)cc1. The number of para-hydroxylation sites is 2. The average Bonchev–Trinajstić information content (AvgIpc) is 2.78. The molecule has 0 aliphatic heterocycles. The Bertz CT molecular complexity index is 1100. The third-order valence-electron chi connectivity index (χ3n) is 4.67. The quantitative estimate of drug-likeness (QED) is 0.596. The highest BCUT2D eigenvalue weighted by Gasteiger charge is 2.23. The summed E-state index contributed by atoms with van der Waals surface area (Å²) in [7, 11) is -2.15. The largest absolute Gasteiger partial charge is 0.496 e. The lowest BCUT2D eigenvalue weighted by atomic mass is 10.2. The van der Waals surface area contributed by atoms with Gasteiger partial charge in [-0.25, -0.2) is 8.42 Å². The first-order chi connectivity index (χ1) is 14.5. The summed E-state index contributed by atoms with van der Waals surface area (Å²) >= 11 is 0. The molecule has 0 aromatic heterocycles. The maximum absolute atomic E-state index is 13.0. The van der Waals surface area contributed by atoms with Crippen LogP contribution in [0.15, 0.2) is 83.8 Å². The minimum absolute atomic E-state index is 0.134. The number of nitrogens with one attached hydrogen (secondary N) is 1. The third kappa shape index (κ3) is 4.63. The number of anilines is 1. The predicted molar refractivity (Wildman–Crippen MR) is 117 cm³/mol. The van der Waals surface area contributed by atoms with E-state index in [-0.39, 0.29) is 10.8 Å². The van der Waals surface area contributed by atoms with Crippen molar-refractivity contribution in [1.82, 2.24) is 5.32 Å². The summed E-state index contributed by atoms with van der Waals surface area (Å²) < 4.78 is 32.7.